The second-order valence-electron chi connectivity index (χ2n) is 4.49. The molecule has 9 heteroatoms. The molecule has 0 atom stereocenters. The number of hydrogen-bond acceptors (Lipinski definition) is 4. The molecule has 0 aromatic carbocycles. The molecule has 1 aromatic heterocycles. The lowest BCUT2D eigenvalue weighted by Gasteiger charge is -2.16. The van der Waals surface area contributed by atoms with Crippen molar-refractivity contribution in [3.8, 4) is 0 Å². The zero-order valence-electron chi connectivity index (χ0n) is 10.7. The third-order valence-electron chi connectivity index (χ3n) is 3.05. The van der Waals surface area contributed by atoms with Gasteiger partial charge in [-0.15, -0.1) is 0 Å². The summed E-state index contributed by atoms with van der Waals surface area (Å²) in [6.07, 6.45) is 3.39. The van der Waals surface area contributed by atoms with E-state index in [-0.39, 0.29) is 6.54 Å². The summed E-state index contributed by atoms with van der Waals surface area (Å²) in [7, 11) is -3.24. The summed E-state index contributed by atoms with van der Waals surface area (Å²) in [5.74, 6) is 0.842. The van der Waals surface area contributed by atoms with E-state index in [1.165, 1.54) is 0 Å². The van der Waals surface area contributed by atoms with Gasteiger partial charge in [0, 0.05) is 32.3 Å². The highest BCUT2D eigenvalue weighted by atomic mass is 32.2. The maximum atomic E-state index is 11.1. The van der Waals surface area contributed by atoms with Gasteiger partial charge in [-0.05, 0) is 0 Å². The monoisotopic (exact) mass is 287 g/mol. The number of aromatic nitrogens is 2. The van der Waals surface area contributed by atoms with Gasteiger partial charge in [-0.2, -0.15) is 0 Å². The van der Waals surface area contributed by atoms with Crippen LogP contribution in [0.1, 0.15) is 11.5 Å². The summed E-state index contributed by atoms with van der Waals surface area (Å²) in [6.45, 7) is 1.80. The fraction of sp³-hybridized carbons (Fsp3) is 0.600. The van der Waals surface area contributed by atoms with Gasteiger partial charge < -0.3 is 15.2 Å². The van der Waals surface area contributed by atoms with E-state index in [4.69, 9.17) is 5.73 Å². The average Bonchev–Trinajstić information content (AvgIpc) is 2.55. The van der Waals surface area contributed by atoms with Gasteiger partial charge in [-0.25, -0.2) is 22.9 Å². The Balaban J connectivity index is 2.11. The molecule has 1 aromatic rings. The van der Waals surface area contributed by atoms with E-state index in [1.54, 1.807) is 11.1 Å². The Bertz CT molecular complexity index is 580. The Labute approximate surface area is 111 Å². The average molecular weight is 287 g/mol. The van der Waals surface area contributed by atoms with Gasteiger partial charge in [0.2, 0.25) is 10.0 Å². The van der Waals surface area contributed by atoms with E-state index in [9.17, 15) is 13.2 Å². The molecular formula is C10H17N5O3S. The largest absolute Gasteiger partial charge is 0.351 e. The maximum absolute atomic E-state index is 11.1. The zero-order chi connectivity index (χ0) is 14.0. The van der Waals surface area contributed by atoms with E-state index >= 15 is 0 Å². The third-order valence-corrected chi connectivity index (χ3v) is 3.72. The Morgan fingerprint density at radius 1 is 1.47 bits per heavy atom. The van der Waals surface area contributed by atoms with E-state index in [2.05, 4.69) is 9.71 Å². The SMILES string of the molecule is CS(=O)(=O)NCc1cnc2n1CCN(C(N)=O)CC2. The van der Waals surface area contributed by atoms with Crippen molar-refractivity contribution in [2.24, 2.45) is 5.73 Å². The summed E-state index contributed by atoms with van der Waals surface area (Å²) in [5.41, 5.74) is 6.04. The van der Waals surface area contributed by atoms with Crippen molar-refractivity contribution in [3.63, 3.8) is 0 Å². The van der Waals surface area contributed by atoms with Gasteiger partial charge in [0.05, 0.1) is 18.5 Å². The number of urea groups is 1. The summed E-state index contributed by atoms with van der Waals surface area (Å²) in [5, 5.41) is 0. The van der Waals surface area contributed by atoms with Crippen LogP contribution in [0.25, 0.3) is 0 Å². The number of nitrogens with two attached hydrogens (primary N) is 1. The second-order valence-corrected chi connectivity index (χ2v) is 6.32. The fourth-order valence-electron chi connectivity index (χ4n) is 2.06. The molecule has 3 N–H and O–H groups in total. The van der Waals surface area contributed by atoms with Crippen LogP contribution in [0.2, 0.25) is 0 Å². The van der Waals surface area contributed by atoms with Crippen LogP contribution in [0.4, 0.5) is 4.79 Å². The Morgan fingerprint density at radius 3 is 2.84 bits per heavy atom. The van der Waals surface area contributed by atoms with Gasteiger partial charge in [0.25, 0.3) is 0 Å². The van der Waals surface area contributed by atoms with Crippen molar-refractivity contribution in [1.29, 1.82) is 0 Å². The number of fused-ring (bicyclic) bond motifs is 1. The quantitative estimate of drug-likeness (QED) is 0.732. The first kappa shape index (κ1) is 13.8. The summed E-state index contributed by atoms with van der Waals surface area (Å²) in [4.78, 5) is 17.0. The van der Waals surface area contributed by atoms with Crippen molar-refractivity contribution in [2.45, 2.75) is 19.5 Å². The minimum absolute atomic E-state index is 0.197. The topological polar surface area (TPSA) is 110 Å². The number of hydrogen-bond donors (Lipinski definition) is 2. The number of sulfonamides is 1. The van der Waals surface area contributed by atoms with Crippen molar-refractivity contribution < 1.29 is 13.2 Å². The molecule has 0 saturated heterocycles. The molecule has 19 heavy (non-hydrogen) atoms. The van der Waals surface area contributed by atoms with Crippen LogP contribution in [0.15, 0.2) is 6.20 Å². The van der Waals surface area contributed by atoms with Crippen molar-refractivity contribution >= 4 is 16.1 Å². The maximum Gasteiger partial charge on any atom is 0.314 e. The highest BCUT2D eigenvalue weighted by Crippen LogP contribution is 2.11. The lowest BCUT2D eigenvalue weighted by molar-refractivity contribution is 0.208. The number of carbonyl (C=O) groups excluding carboxylic acids is 1. The van der Waals surface area contributed by atoms with Gasteiger partial charge in [-0.3, -0.25) is 0 Å². The molecule has 0 spiro atoms. The van der Waals surface area contributed by atoms with Gasteiger partial charge in [0.1, 0.15) is 5.82 Å². The predicted octanol–water partition coefficient (Wildman–Crippen LogP) is -1.13. The van der Waals surface area contributed by atoms with Crippen LogP contribution in [0.5, 0.6) is 0 Å². The number of carbonyl (C=O) groups is 1. The highest BCUT2D eigenvalue weighted by Gasteiger charge is 2.19. The highest BCUT2D eigenvalue weighted by molar-refractivity contribution is 7.88. The first-order valence-corrected chi connectivity index (χ1v) is 7.78. The van der Waals surface area contributed by atoms with E-state index < -0.39 is 16.1 Å². The first-order chi connectivity index (χ1) is 8.87. The molecule has 1 aliphatic rings. The molecular weight excluding hydrogens is 270 g/mol. The number of imidazole rings is 1. The van der Waals surface area contributed by atoms with Gasteiger partial charge in [0.15, 0.2) is 0 Å². The molecule has 2 rings (SSSR count). The Hall–Kier alpha value is -1.61. The number of nitrogens with zero attached hydrogens (tertiary/aromatic N) is 3. The van der Waals surface area contributed by atoms with E-state index in [0.717, 1.165) is 17.8 Å². The van der Waals surface area contributed by atoms with Crippen LogP contribution in [0.3, 0.4) is 0 Å². The van der Waals surface area contributed by atoms with Crippen LogP contribution in [-0.2, 0) is 29.5 Å². The third kappa shape index (κ3) is 3.44. The molecule has 0 aliphatic carbocycles. The summed E-state index contributed by atoms with van der Waals surface area (Å²) < 4.78 is 26.6. The summed E-state index contributed by atoms with van der Waals surface area (Å²) >= 11 is 0. The molecule has 2 heterocycles. The van der Waals surface area contributed by atoms with Crippen LogP contribution < -0.4 is 10.5 Å². The molecule has 106 valence electrons. The molecule has 1 aliphatic heterocycles. The Morgan fingerprint density at radius 2 is 2.21 bits per heavy atom. The second kappa shape index (κ2) is 5.17. The molecule has 0 radical (unpaired) electrons. The fourth-order valence-corrected chi connectivity index (χ4v) is 2.47. The van der Waals surface area contributed by atoms with Crippen molar-refractivity contribution in [1.82, 2.24) is 19.2 Å². The molecule has 0 fully saturated rings. The minimum Gasteiger partial charge on any atom is -0.351 e. The number of rotatable bonds is 3. The number of primary amides is 1. The number of amides is 2. The first-order valence-electron chi connectivity index (χ1n) is 5.89. The standard InChI is InChI=1S/C10H17N5O3S/c1-19(17,18)13-7-8-6-12-9-2-3-14(10(11)16)4-5-15(8)9/h6,13H,2-5,7H2,1H3,(H2,11,16). The summed E-state index contributed by atoms with van der Waals surface area (Å²) in [6, 6.07) is -0.443. The molecule has 0 saturated carbocycles. The van der Waals surface area contributed by atoms with Gasteiger partial charge >= 0.3 is 6.03 Å². The number of nitrogens with one attached hydrogen (secondary N) is 1. The van der Waals surface area contributed by atoms with Crippen LogP contribution in [-0.4, -0.2) is 48.2 Å². The van der Waals surface area contributed by atoms with E-state index in [0.29, 0.717) is 26.1 Å². The zero-order valence-corrected chi connectivity index (χ0v) is 11.5. The predicted molar refractivity (Wildman–Crippen MR) is 68.8 cm³/mol. The minimum atomic E-state index is -3.24. The van der Waals surface area contributed by atoms with Crippen molar-refractivity contribution in [3.05, 3.63) is 17.7 Å². The Kier molecular flexibility index (Phi) is 3.76. The van der Waals surface area contributed by atoms with Crippen LogP contribution in [0, 0.1) is 0 Å². The smallest absolute Gasteiger partial charge is 0.314 e. The van der Waals surface area contributed by atoms with Gasteiger partial charge in [-0.1, -0.05) is 0 Å². The molecule has 0 bridgehead atoms. The molecule has 0 unspecified atom stereocenters. The molecule has 2 amide bonds. The lowest BCUT2D eigenvalue weighted by atomic mass is 10.4. The van der Waals surface area contributed by atoms with E-state index in [1.807, 2.05) is 4.57 Å². The van der Waals surface area contributed by atoms with Crippen LogP contribution >= 0.6 is 0 Å². The molecule has 8 nitrogen and oxygen atoms in total. The normalized spacial score (nSPS) is 15.9. The van der Waals surface area contributed by atoms with Crippen molar-refractivity contribution in [2.75, 3.05) is 19.3 Å². The lowest BCUT2D eigenvalue weighted by Crippen LogP contribution is -2.37.